The van der Waals surface area contributed by atoms with Crippen molar-refractivity contribution in [3.8, 4) is 0 Å². The Hall–Kier alpha value is 0.243. The van der Waals surface area contributed by atoms with Gasteiger partial charge in [-0.2, -0.15) is 0 Å². The molecule has 4 heteroatoms. The first-order valence-corrected chi connectivity index (χ1v) is 13.8. The van der Waals surface area contributed by atoms with Crippen LogP contribution in [0.2, 0.25) is 0 Å². The van der Waals surface area contributed by atoms with Crippen LogP contribution in [0.3, 0.4) is 0 Å². The summed E-state index contributed by atoms with van der Waals surface area (Å²) in [6.07, 6.45) is 0. The van der Waals surface area contributed by atoms with E-state index in [0.717, 1.165) is 32.8 Å². The van der Waals surface area contributed by atoms with Gasteiger partial charge in [-0.15, -0.1) is 0 Å². The number of hydrogen-bond donors (Lipinski definition) is 0. The van der Waals surface area contributed by atoms with Gasteiger partial charge in [-0.3, -0.25) is 0 Å². The molecule has 1 fully saturated rings. The standard InChI is InChI=1S/C11H14NO.BrH.Zn/c1-2-4-11(5-3-1)10-12-6-8-13-9-7-12;;/h1-4H,6-10H2;1H;/q;;+1/p-1. The molecule has 0 amide bonds. The zero-order valence-electron chi connectivity index (χ0n) is 8.79. The predicted molar refractivity (Wildman–Crippen MR) is 61.1 cm³/mol. The average molecular weight is 322 g/mol. The van der Waals surface area contributed by atoms with Crippen molar-refractivity contribution in [3.63, 3.8) is 0 Å². The second kappa shape index (κ2) is 6.10. The molecule has 0 spiro atoms. The Balaban J connectivity index is 2.02. The van der Waals surface area contributed by atoms with Crippen LogP contribution >= 0.6 is 13.6 Å². The second-order valence-electron chi connectivity index (χ2n) is 3.79. The molecule has 15 heavy (non-hydrogen) atoms. The summed E-state index contributed by atoms with van der Waals surface area (Å²) in [6, 6.07) is 8.82. The molecule has 1 heterocycles. The first-order chi connectivity index (χ1) is 7.40. The molecule has 0 unspecified atom stereocenters. The number of ether oxygens (including phenoxy) is 1. The van der Waals surface area contributed by atoms with Gasteiger partial charge < -0.3 is 0 Å². The third-order valence-corrected chi connectivity index (χ3v) is 7.95. The van der Waals surface area contributed by atoms with Crippen LogP contribution in [0.25, 0.3) is 0 Å². The normalized spacial score (nSPS) is 17.4. The van der Waals surface area contributed by atoms with Crippen LogP contribution < -0.4 is 4.16 Å². The van der Waals surface area contributed by atoms with Crippen LogP contribution in [0, 0.1) is 0 Å². The topological polar surface area (TPSA) is 12.5 Å². The van der Waals surface area contributed by atoms with Gasteiger partial charge in [0.1, 0.15) is 0 Å². The van der Waals surface area contributed by atoms with Crippen LogP contribution in [-0.2, 0) is 26.4 Å². The van der Waals surface area contributed by atoms with Crippen molar-refractivity contribution in [1.82, 2.24) is 4.90 Å². The van der Waals surface area contributed by atoms with Crippen molar-refractivity contribution < 1.29 is 19.9 Å². The summed E-state index contributed by atoms with van der Waals surface area (Å²) in [7, 11) is 0. The van der Waals surface area contributed by atoms with E-state index in [1.807, 2.05) is 0 Å². The van der Waals surface area contributed by atoms with Crippen LogP contribution in [0.1, 0.15) is 5.56 Å². The fraction of sp³-hybridized carbons (Fsp3) is 0.455. The van der Waals surface area contributed by atoms with Crippen LogP contribution in [-0.4, -0.2) is 31.2 Å². The van der Waals surface area contributed by atoms with Crippen molar-refractivity contribution >= 4 is 17.8 Å². The van der Waals surface area contributed by atoms with Gasteiger partial charge in [0.15, 0.2) is 0 Å². The van der Waals surface area contributed by atoms with E-state index in [0.29, 0.717) is 0 Å². The fourth-order valence-corrected chi connectivity index (χ4v) is 6.00. The molecule has 0 saturated carbocycles. The number of benzene rings is 1. The Bertz CT molecular complexity index is 315. The maximum atomic E-state index is 5.35. The summed E-state index contributed by atoms with van der Waals surface area (Å²) in [6.45, 7) is 5.01. The molecule has 2 rings (SSSR count). The van der Waals surface area contributed by atoms with E-state index in [1.165, 1.54) is 5.56 Å². The van der Waals surface area contributed by atoms with Crippen LogP contribution in [0.15, 0.2) is 24.3 Å². The minimum atomic E-state index is -0.638. The predicted octanol–water partition coefficient (Wildman–Crippen LogP) is 1.54. The molecule has 1 aromatic carbocycles. The number of rotatable bonds is 3. The Labute approximate surface area is 105 Å². The third-order valence-electron chi connectivity index (χ3n) is 2.76. The van der Waals surface area contributed by atoms with Crippen molar-refractivity contribution in [1.29, 1.82) is 0 Å². The van der Waals surface area contributed by atoms with E-state index < -0.39 is 15.2 Å². The van der Waals surface area contributed by atoms with E-state index in [1.54, 1.807) is 4.16 Å². The molecule has 0 bridgehead atoms. The zero-order valence-corrected chi connectivity index (χ0v) is 13.3. The number of halogens is 1. The van der Waals surface area contributed by atoms with Gasteiger partial charge in [-0.05, 0) is 0 Å². The molecule has 0 N–H and O–H groups in total. The molecular formula is C11H14BrNOZn. The van der Waals surface area contributed by atoms with Gasteiger partial charge in [-0.25, -0.2) is 0 Å². The van der Waals surface area contributed by atoms with Crippen LogP contribution in [0.4, 0.5) is 0 Å². The number of hydrogen-bond acceptors (Lipinski definition) is 2. The molecule has 1 saturated heterocycles. The molecule has 1 aromatic rings. The number of morpholine rings is 1. The van der Waals surface area contributed by atoms with Gasteiger partial charge in [0.2, 0.25) is 0 Å². The zero-order chi connectivity index (χ0) is 10.5. The summed E-state index contributed by atoms with van der Waals surface area (Å²) in [5.41, 5.74) is 1.51. The molecular weight excluding hydrogens is 307 g/mol. The first kappa shape index (κ1) is 11.7. The molecule has 2 nitrogen and oxygen atoms in total. The second-order valence-corrected chi connectivity index (χ2v) is 8.86. The molecule has 0 aliphatic carbocycles. The molecule has 1 aliphatic heterocycles. The van der Waals surface area contributed by atoms with Crippen molar-refractivity contribution in [2.45, 2.75) is 6.54 Å². The Morgan fingerprint density at radius 3 is 2.73 bits per heavy atom. The Morgan fingerprint density at radius 2 is 2.00 bits per heavy atom. The summed E-state index contributed by atoms with van der Waals surface area (Å²) < 4.78 is 6.93. The SMILES string of the molecule is [Br][Zn][c]1ccccc1CN1CCOCC1. The van der Waals surface area contributed by atoms with Gasteiger partial charge in [0, 0.05) is 0 Å². The van der Waals surface area contributed by atoms with Crippen molar-refractivity contribution in [3.05, 3.63) is 29.8 Å². The summed E-state index contributed by atoms with van der Waals surface area (Å²) in [4.78, 5) is 2.48. The molecule has 1 aliphatic rings. The van der Waals surface area contributed by atoms with Crippen molar-refractivity contribution in [2.24, 2.45) is 0 Å². The quantitative estimate of drug-likeness (QED) is 0.783. The Kier molecular flexibility index (Phi) is 4.76. The summed E-state index contributed by atoms with van der Waals surface area (Å²) in [5.74, 6) is 0. The molecule has 0 aromatic heterocycles. The molecule has 0 atom stereocenters. The van der Waals surface area contributed by atoms with E-state index >= 15 is 0 Å². The van der Waals surface area contributed by atoms with Gasteiger partial charge in [0.25, 0.3) is 0 Å². The molecule has 0 radical (unpaired) electrons. The first-order valence-electron chi connectivity index (χ1n) is 5.33. The monoisotopic (exact) mass is 319 g/mol. The maximum absolute atomic E-state index is 5.35. The van der Waals surface area contributed by atoms with Crippen LogP contribution in [0.5, 0.6) is 0 Å². The fourth-order valence-electron chi connectivity index (χ4n) is 1.84. The van der Waals surface area contributed by atoms with Gasteiger partial charge in [-0.1, -0.05) is 0 Å². The molecule has 78 valence electrons. The van der Waals surface area contributed by atoms with Gasteiger partial charge in [0.05, 0.1) is 0 Å². The van der Waals surface area contributed by atoms with Gasteiger partial charge >= 0.3 is 105 Å². The number of nitrogens with zero attached hydrogens (tertiary/aromatic N) is 1. The summed E-state index contributed by atoms with van der Waals surface area (Å²) in [5, 5.41) is 0. The van der Waals surface area contributed by atoms with E-state index in [2.05, 4.69) is 42.8 Å². The van der Waals surface area contributed by atoms with Crippen molar-refractivity contribution in [2.75, 3.05) is 26.3 Å². The van der Waals surface area contributed by atoms with E-state index in [9.17, 15) is 0 Å². The third kappa shape index (κ3) is 3.35. The van der Waals surface area contributed by atoms with E-state index in [-0.39, 0.29) is 0 Å². The summed E-state index contributed by atoms with van der Waals surface area (Å²) >= 11 is 3.08. The van der Waals surface area contributed by atoms with E-state index in [4.69, 9.17) is 4.74 Å². The minimum absolute atomic E-state index is 0.638. The average Bonchev–Trinajstić information content (AvgIpc) is 2.31. The Morgan fingerprint density at radius 1 is 1.27 bits per heavy atom.